The summed E-state index contributed by atoms with van der Waals surface area (Å²) in [6.45, 7) is 2.77. The zero-order valence-electron chi connectivity index (χ0n) is 9.99. The minimum atomic E-state index is -0.178. The van der Waals surface area contributed by atoms with Crippen molar-refractivity contribution in [3.05, 3.63) is 24.0 Å². The second kappa shape index (κ2) is 7.49. The van der Waals surface area contributed by atoms with Gasteiger partial charge >= 0.3 is 5.97 Å². The maximum Gasteiger partial charge on any atom is 0.305 e. The standard InChI is InChI=1S/C12H18N2O3/c1-2-17-11(15)7-3-4-8-14-12(16)10-6-5-9-13-10/h5-6,9,13H,2-4,7-8H2,1H3,(H,14,16). The number of hydrogen-bond donors (Lipinski definition) is 2. The van der Waals surface area contributed by atoms with Gasteiger partial charge in [0.2, 0.25) is 0 Å². The lowest BCUT2D eigenvalue weighted by Crippen LogP contribution is -2.24. The molecule has 1 heterocycles. The van der Waals surface area contributed by atoms with E-state index < -0.39 is 0 Å². The Kier molecular flexibility index (Phi) is 5.85. The van der Waals surface area contributed by atoms with Gasteiger partial charge in [-0.2, -0.15) is 0 Å². The molecule has 2 N–H and O–H groups in total. The van der Waals surface area contributed by atoms with Crippen LogP contribution in [0, 0.1) is 0 Å². The number of nitrogens with one attached hydrogen (secondary N) is 2. The summed E-state index contributed by atoms with van der Waals surface area (Å²) in [7, 11) is 0. The van der Waals surface area contributed by atoms with Gasteiger partial charge in [0.1, 0.15) is 5.69 Å². The number of rotatable bonds is 7. The van der Waals surface area contributed by atoms with E-state index in [1.54, 1.807) is 25.3 Å². The van der Waals surface area contributed by atoms with Gasteiger partial charge < -0.3 is 15.0 Å². The van der Waals surface area contributed by atoms with Gasteiger partial charge in [0.05, 0.1) is 6.61 Å². The van der Waals surface area contributed by atoms with Gasteiger partial charge in [-0.3, -0.25) is 9.59 Å². The first-order valence-electron chi connectivity index (χ1n) is 5.81. The van der Waals surface area contributed by atoms with Crippen LogP contribution in [0.1, 0.15) is 36.7 Å². The first kappa shape index (κ1) is 13.3. The number of H-pyrrole nitrogens is 1. The zero-order chi connectivity index (χ0) is 12.5. The van der Waals surface area contributed by atoms with Crippen LogP contribution in [-0.2, 0) is 9.53 Å². The Bertz CT molecular complexity index is 347. The minimum absolute atomic E-state index is 0.119. The lowest BCUT2D eigenvalue weighted by Gasteiger charge is -2.04. The summed E-state index contributed by atoms with van der Waals surface area (Å²) in [6, 6.07) is 3.49. The molecule has 0 atom stereocenters. The Balaban J connectivity index is 2.05. The average Bonchev–Trinajstić information content (AvgIpc) is 2.82. The van der Waals surface area contributed by atoms with E-state index in [1.807, 2.05) is 0 Å². The number of aromatic nitrogens is 1. The van der Waals surface area contributed by atoms with Crippen LogP contribution in [0.15, 0.2) is 18.3 Å². The molecule has 0 fully saturated rings. The highest BCUT2D eigenvalue weighted by Crippen LogP contribution is 1.98. The molecule has 1 amide bonds. The molecule has 0 saturated heterocycles. The minimum Gasteiger partial charge on any atom is -0.466 e. The van der Waals surface area contributed by atoms with Crippen molar-refractivity contribution in [1.29, 1.82) is 0 Å². The predicted molar refractivity (Wildman–Crippen MR) is 63.6 cm³/mol. The van der Waals surface area contributed by atoms with E-state index in [1.165, 1.54) is 0 Å². The molecular weight excluding hydrogens is 220 g/mol. The molecule has 5 nitrogen and oxygen atoms in total. The van der Waals surface area contributed by atoms with Crippen LogP contribution >= 0.6 is 0 Å². The summed E-state index contributed by atoms with van der Waals surface area (Å²) in [5.74, 6) is -0.297. The smallest absolute Gasteiger partial charge is 0.305 e. The van der Waals surface area contributed by atoms with Crippen molar-refractivity contribution in [2.24, 2.45) is 0 Å². The van der Waals surface area contributed by atoms with Crippen LogP contribution in [0.4, 0.5) is 0 Å². The quantitative estimate of drug-likeness (QED) is 0.558. The number of aromatic amines is 1. The van der Waals surface area contributed by atoms with Crippen molar-refractivity contribution < 1.29 is 14.3 Å². The van der Waals surface area contributed by atoms with Gasteiger partial charge in [-0.1, -0.05) is 0 Å². The summed E-state index contributed by atoms with van der Waals surface area (Å²) < 4.78 is 4.80. The number of unbranched alkanes of at least 4 members (excludes halogenated alkanes) is 1. The summed E-state index contributed by atoms with van der Waals surface area (Å²) in [5, 5.41) is 2.77. The fourth-order valence-electron chi connectivity index (χ4n) is 1.40. The maximum atomic E-state index is 11.5. The number of carbonyl (C=O) groups excluding carboxylic acids is 2. The normalized spacial score (nSPS) is 9.94. The van der Waals surface area contributed by atoms with E-state index in [2.05, 4.69) is 10.3 Å². The molecule has 0 saturated carbocycles. The molecule has 0 aliphatic carbocycles. The van der Waals surface area contributed by atoms with Crippen LogP contribution in [-0.4, -0.2) is 30.0 Å². The lowest BCUT2D eigenvalue weighted by atomic mass is 10.2. The van der Waals surface area contributed by atoms with Gasteiger partial charge in [0.15, 0.2) is 0 Å². The molecule has 0 unspecified atom stereocenters. The largest absolute Gasteiger partial charge is 0.466 e. The Morgan fingerprint density at radius 2 is 2.24 bits per heavy atom. The molecule has 0 aliphatic rings. The highest BCUT2D eigenvalue weighted by atomic mass is 16.5. The Hall–Kier alpha value is -1.78. The maximum absolute atomic E-state index is 11.5. The monoisotopic (exact) mass is 238 g/mol. The molecule has 0 spiro atoms. The van der Waals surface area contributed by atoms with Crippen molar-refractivity contribution in [3.8, 4) is 0 Å². The van der Waals surface area contributed by atoms with E-state index in [0.29, 0.717) is 25.3 Å². The molecular formula is C12H18N2O3. The van der Waals surface area contributed by atoms with Gasteiger partial charge in [0, 0.05) is 19.2 Å². The van der Waals surface area contributed by atoms with Crippen LogP contribution in [0.5, 0.6) is 0 Å². The fraction of sp³-hybridized carbons (Fsp3) is 0.500. The van der Waals surface area contributed by atoms with Crippen molar-refractivity contribution in [2.45, 2.75) is 26.2 Å². The van der Waals surface area contributed by atoms with Crippen molar-refractivity contribution >= 4 is 11.9 Å². The third-order valence-corrected chi connectivity index (χ3v) is 2.24. The number of hydrogen-bond acceptors (Lipinski definition) is 3. The SMILES string of the molecule is CCOC(=O)CCCCNC(=O)c1ccc[nH]1. The zero-order valence-corrected chi connectivity index (χ0v) is 9.99. The molecule has 0 aromatic carbocycles. The van der Waals surface area contributed by atoms with Gasteiger partial charge in [-0.15, -0.1) is 0 Å². The second-order valence-electron chi connectivity index (χ2n) is 3.60. The molecule has 17 heavy (non-hydrogen) atoms. The topological polar surface area (TPSA) is 71.2 Å². The summed E-state index contributed by atoms with van der Waals surface area (Å²) in [6.07, 6.45) is 3.61. The van der Waals surface area contributed by atoms with E-state index >= 15 is 0 Å². The first-order valence-corrected chi connectivity index (χ1v) is 5.81. The number of carbonyl (C=O) groups is 2. The summed E-state index contributed by atoms with van der Waals surface area (Å²) in [4.78, 5) is 25.3. The van der Waals surface area contributed by atoms with Crippen LogP contribution in [0.25, 0.3) is 0 Å². The Labute approximate surface area is 101 Å². The van der Waals surface area contributed by atoms with Gasteiger partial charge in [0.25, 0.3) is 5.91 Å². The average molecular weight is 238 g/mol. The Morgan fingerprint density at radius 3 is 2.88 bits per heavy atom. The number of esters is 1. The number of ether oxygens (including phenoxy) is 1. The molecule has 5 heteroatoms. The third-order valence-electron chi connectivity index (χ3n) is 2.24. The van der Waals surface area contributed by atoms with Gasteiger partial charge in [-0.25, -0.2) is 0 Å². The fourth-order valence-corrected chi connectivity index (χ4v) is 1.40. The van der Waals surface area contributed by atoms with Crippen LogP contribution in [0.3, 0.4) is 0 Å². The highest BCUT2D eigenvalue weighted by molar-refractivity contribution is 5.92. The van der Waals surface area contributed by atoms with E-state index in [0.717, 1.165) is 12.8 Å². The van der Waals surface area contributed by atoms with Crippen molar-refractivity contribution in [1.82, 2.24) is 10.3 Å². The third kappa shape index (κ3) is 5.19. The van der Waals surface area contributed by atoms with E-state index in [9.17, 15) is 9.59 Å². The van der Waals surface area contributed by atoms with E-state index in [4.69, 9.17) is 4.74 Å². The molecule has 0 bridgehead atoms. The number of amides is 1. The summed E-state index contributed by atoms with van der Waals surface area (Å²) in [5.41, 5.74) is 0.551. The lowest BCUT2D eigenvalue weighted by molar-refractivity contribution is -0.143. The molecule has 1 aromatic heterocycles. The predicted octanol–water partition coefficient (Wildman–Crippen LogP) is 1.48. The molecule has 0 aliphatic heterocycles. The highest BCUT2D eigenvalue weighted by Gasteiger charge is 2.05. The molecule has 94 valence electrons. The second-order valence-corrected chi connectivity index (χ2v) is 3.60. The Morgan fingerprint density at radius 1 is 1.41 bits per heavy atom. The van der Waals surface area contributed by atoms with Crippen LogP contribution in [0.2, 0.25) is 0 Å². The van der Waals surface area contributed by atoms with Gasteiger partial charge in [-0.05, 0) is 31.9 Å². The summed E-state index contributed by atoms with van der Waals surface area (Å²) >= 11 is 0. The van der Waals surface area contributed by atoms with Crippen LogP contribution < -0.4 is 5.32 Å². The first-order chi connectivity index (χ1) is 8.24. The van der Waals surface area contributed by atoms with Crippen molar-refractivity contribution in [3.63, 3.8) is 0 Å². The van der Waals surface area contributed by atoms with E-state index in [-0.39, 0.29) is 11.9 Å². The van der Waals surface area contributed by atoms with Crippen molar-refractivity contribution in [2.75, 3.05) is 13.2 Å². The molecule has 1 aromatic rings. The molecule has 0 radical (unpaired) electrons. The molecule has 1 rings (SSSR count).